The minimum Gasteiger partial charge on any atom is -0.497 e. The lowest BCUT2D eigenvalue weighted by molar-refractivity contribution is 0.0734. The number of nitrogens with zero attached hydrogens (tertiary/aromatic N) is 1. The molecule has 2 heterocycles. The van der Waals surface area contributed by atoms with Crippen LogP contribution in [0, 0.1) is 0 Å². The van der Waals surface area contributed by atoms with Gasteiger partial charge in [-0.3, -0.25) is 9.59 Å². The molecule has 1 fully saturated rings. The second-order valence-electron chi connectivity index (χ2n) is 6.51. The van der Waals surface area contributed by atoms with E-state index < -0.39 is 0 Å². The Morgan fingerprint density at radius 1 is 1.19 bits per heavy atom. The molecule has 1 saturated heterocycles. The van der Waals surface area contributed by atoms with E-state index >= 15 is 0 Å². The summed E-state index contributed by atoms with van der Waals surface area (Å²) in [5, 5.41) is 0.537. The van der Waals surface area contributed by atoms with Gasteiger partial charge in [-0.2, -0.15) is 0 Å². The Balaban J connectivity index is 1.71. The van der Waals surface area contributed by atoms with Crippen molar-refractivity contribution in [2.24, 2.45) is 0 Å². The first kappa shape index (κ1) is 16.4. The van der Waals surface area contributed by atoms with Gasteiger partial charge < -0.3 is 14.6 Å². The van der Waals surface area contributed by atoms with E-state index in [1.807, 2.05) is 36.4 Å². The first-order chi connectivity index (χ1) is 12.7. The Bertz CT molecular complexity index is 1020. The smallest absolute Gasteiger partial charge is 0.259 e. The van der Waals surface area contributed by atoms with Gasteiger partial charge in [0.05, 0.1) is 13.2 Å². The van der Waals surface area contributed by atoms with Gasteiger partial charge in [-0.15, -0.1) is 0 Å². The number of ether oxygens (including phenoxy) is 1. The van der Waals surface area contributed by atoms with Crippen LogP contribution in [-0.4, -0.2) is 29.4 Å². The summed E-state index contributed by atoms with van der Waals surface area (Å²) in [6.07, 6.45) is 3.33. The third-order valence-electron chi connectivity index (χ3n) is 5.01. The normalized spacial score (nSPS) is 16.8. The van der Waals surface area contributed by atoms with Gasteiger partial charge in [-0.25, -0.2) is 0 Å². The number of hydrogen-bond acceptors (Lipinski definition) is 3. The quantitative estimate of drug-likeness (QED) is 0.788. The van der Waals surface area contributed by atoms with Gasteiger partial charge in [0, 0.05) is 23.6 Å². The summed E-state index contributed by atoms with van der Waals surface area (Å²) in [5.74, 6) is 0.549. The van der Waals surface area contributed by atoms with Crippen LogP contribution in [0.4, 0.5) is 0 Å². The van der Waals surface area contributed by atoms with Gasteiger partial charge in [0.15, 0.2) is 0 Å². The number of carbonyl (C=O) groups excluding carboxylic acids is 1. The molecule has 1 aromatic heterocycles. The lowest BCUT2D eigenvalue weighted by atomic mass is 10.0. The SMILES string of the molecule is COc1cccc([C@H]2CCCN2C(=O)c2c[nH]c3ccccc3c2=O)c1. The summed E-state index contributed by atoms with van der Waals surface area (Å²) >= 11 is 0. The number of hydrogen-bond donors (Lipinski definition) is 1. The molecule has 1 atom stereocenters. The number of H-pyrrole nitrogens is 1. The molecule has 4 rings (SSSR count). The first-order valence-corrected chi connectivity index (χ1v) is 8.74. The molecule has 2 aromatic carbocycles. The molecular weight excluding hydrogens is 328 g/mol. The van der Waals surface area contributed by atoms with E-state index in [0.29, 0.717) is 11.9 Å². The molecule has 5 heteroatoms. The Morgan fingerprint density at radius 2 is 2.04 bits per heavy atom. The van der Waals surface area contributed by atoms with Crippen molar-refractivity contribution in [1.82, 2.24) is 9.88 Å². The number of amides is 1. The zero-order chi connectivity index (χ0) is 18.1. The number of pyridine rings is 1. The molecule has 3 aromatic rings. The molecule has 1 amide bonds. The number of carbonyl (C=O) groups is 1. The monoisotopic (exact) mass is 348 g/mol. The molecule has 0 aliphatic carbocycles. The van der Waals surface area contributed by atoms with E-state index in [1.165, 1.54) is 6.20 Å². The summed E-state index contributed by atoms with van der Waals surface area (Å²) in [7, 11) is 1.63. The number of likely N-dealkylation sites (tertiary alicyclic amines) is 1. The Kier molecular flexibility index (Phi) is 4.21. The largest absolute Gasteiger partial charge is 0.497 e. The number of fused-ring (bicyclic) bond motifs is 1. The molecule has 1 aliphatic heterocycles. The number of para-hydroxylation sites is 1. The molecule has 132 valence electrons. The molecule has 1 N–H and O–H groups in total. The topological polar surface area (TPSA) is 62.4 Å². The van der Waals surface area contributed by atoms with Crippen LogP contribution in [0.15, 0.2) is 59.5 Å². The summed E-state index contributed by atoms with van der Waals surface area (Å²) in [4.78, 5) is 30.8. The molecular formula is C21H20N2O3. The zero-order valence-electron chi connectivity index (χ0n) is 14.6. The maximum atomic E-state index is 13.1. The maximum absolute atomic E-state index is 13.1. The Morgan fingerprint density at radius 3 is 2.88 bits per heavy atom. The van der Waals surface area contributed by atoms with Crippen LogP contribution in [-0.2, 0) is 0 Å². The van der Waals surface area contributed by atoms with Crippen LogP contribution >= 0.6 is 0 Å². The number of nitrogens with one attached hydrogen (secondary N) is 1. The Hall–Kier alpha value is -3.08. The fourth-order valence-electron chi connectivity index (χ4n) is 3.69. The molecule has 0 spiro atoms. The van der Waals surface area contributed by atoms with Crippen LogP contribution < -0.4 is 10.2 Å². The van der Waals surface area contributed by atoms with Crippen molar-refractivity contribution in [2.75, 3.05) is 13.7 Å². The fraction of sp³-hybridized carbons (Fsp3) is 0.238. The van der Waals surface area contributed by atoms with E-state index in [4.69, 9.17) is 4.74 Å². The van der Waals surface area contributed by atoms with Crippen molar-refractivity contribution in [3.8, 4) is 5.75 Å². The first-order valence-electron chi connectivity index (χ1n) is 8.74. The highest BCUT2D eigenvalue weighted by atomic mass is 16.5. The molecule has 1 aliphatic rings. The lowest BCUT2D eigenvalue weighted by Crippen LogP contribution is -2.34. The summed E-state index contributed by atoms with van der Waals surface area (Å²) < 4.78 is 5.30. The second kappa shape index (κ2) is 6.67. The van der Waals surface area contributed by atoms with Crippen molar-refractivity contribution >= 4 is 16.8 Å². The van der Waals surface area contributed by atoms with Gasteiger partial charge in [-0.1, -0.05) is 24.3 Å². The fourth-order valence-corrected chi connectivity index (χ4v) is 3.69. The van der Waals surface area contributed by atoms with Gasteiger partial charge in [-0.05, 0) is 42.7 Å². The van der Waals surface area contributed by atoms with Crippen LogP contribution in [0.5, 0.6) is 5.75 Å². The number of benzene rings is 2. The lowest BCUT2D eigenvalue weighted by Gasteiger charge is -2.25. The van der Waals surface area contributed by atoms with E-state index in [9.17, 15) is 9.59 Å². The van der Waals surface area contributed by atoms with Crippen molar-refractivity contribution in [2.45, 2.75) is 18.9 Å². The van der Waals surface area contributed by atoms with E-state index in [1.54, 1.807) is 24.1 Å². The van der Waals surface area contributed by atoms with Crippen LogP contribution in [0.1, 0.15) is 34.8 Å². The molecule has 5 nitrogen and oxygen atoms in total. The van der Waals surface area contributed by atoms with E-state index in [2.05, 4.69) is 4.98 Å². The average Bonchev–Trinajstić information content (AvgIpc) is 3.18. The highest BCUT2D eigenvalue weighted by molar-refractivity contribution is 5.97. The number of aromatic amines is 1. The Labute approximate surface area is 151 Å². The number of methoxy groups -OCH3 is 1. The standard InChI is InChI=1S/C21H20N2O3/c1-26-15-7-4-6-14(12-15)19-10-5-11-23(19)21(25)17-13-22-18-9-3-2-8-16(18)20(17)24/h2-4,6-9,12-13,19H,5,10-11H2,1H3,(H,22,24)/t19-/m1/s1. The van der Waals surface area contributed by atoms with Gasteiger partial charge in [0.2, 0.25) is 5.43 Å². The van der Waals surface area contributed by atoms with Crippen LogP contribution in [0.2, 0.25) is 0 Å². The average molecular weight is 348 g/mol. The summed E-state index contributed by atoms with van der Waals surface area (Å²) in [6, 6.07) is 15.0. The van der Waals surface area contributed by atoms with Gasteiger partial charge in [0.25, 0.3) is 5.91 Å². The van der Waals surface area contributed by atoms with Crippen molar-refractivity contribution in [3.05, 3.63) is 76.1 Å². The zero-order valence-corrected chi connectivity index (χ0v) is 14.6. The maximum Gasteiger partial charge on any atom is 0.259 e. The predicted molar refractivity (Wildman–Crippen MR) is 101 cm³/mol. The third kappa shape index (κ3) is 2.75. The summed E-state index contributed by atoms with van der Waals surface area (Å²) in [6.45, 7) is 0.646. The highest BCUT2D eigenvalue weighted by Crippen LogP contribution is 2.34. The number of rotatable bonds is 3. The third-order valence-corrected chi connectivity index (χ3v) is 5.01. The highest BCUT2D eigenvalue weighted by Gasteiger charge is 2.32. The van der Waals surface area contributed by atoms with Crippen LogP contribution in [0.3, 0.4) is 0 Å². The van der Waals surface area contributed by atoms with Crippen molar-refractivity contribution < 1.29 is 9.53 Å². The van der Waals surface area contributed by atoms with Crippen molar-refractivity contribution in [3.63, 3.8) is 0 Å². The van der Waals surface area contributed by atoms with Gasteiger partial charge >= 0.3 is 0 Å². The minimum absolute atomic E-state index is 0.0385. The van der Waals surface area contributed by atoms with Crippen LogP contribution in [0.25, 0.3) is 10.9 Å². The molecule has 0 bridgehead atoms. The van der Waals surface area contributed by atoms with E-state index in [0.717, 1.165) is 29.7 Å². The molecule has 0 unspecified atom stereocenters. The second-order valence-corrected chi connectivity index (χ2v) is 6.51. The van der Waals surface area contributed by atoms with E-state index in [-0.39, 0.29) is 22.9 Å². The molecule has 0 saturated carbocycles. The molecule has 26 heavy (non-hydrogen) atoms. The minimum atomic E-state index is -0.222. The van der Waals surface area contributed by atoms with Crippen molar-refractivity contribution in [1.29, 1.82) is 0 Å². The molecule has 0 radical (unpaired) electrons. The number of aromatic nitrogens is 1. The summed E-state index contributed by atoms with van der Waals surface area (Å²) in [5.41, 5.74) is 1.74. The predicted octanol–water partition coefficient (Wildman–Crippen LogP) is 3.51. The van der Waals surface area contributed by atoms with Gasteiger partial charge in [0.1, 0.15) is 11.3 Å².